The van der Waals surface area contributed by atoms with Crippen LogP contribution in [0.25, 0.3) is 6.08 Å². The summed E-state index contributed by atoms with van der Waals surface area (Å²) in [6, 6.07) is 13.9. The van der Waals surface area contributed by atoms with Crippen LogP contribution < -0.4 is 10.1 Å². The zero-order valence-electron chi connectivity index (χ0n) is 12.3. The second-order valence-electron chi connectivity index (χ2n) is 4.77. The predicted molar refractivity (Wildman–Crippen MR) is 91.9 cm³/mol. The van der Waals surface area contributed by atoms with Gasteiger partial charge in [0.05, 0.1) is 17.7 Å². The second kappa shape index (κ2) is 6.58. The molecule has 1 heterocycles. The molecule has 1 saturated heterocycles. The van der Waals surface area contributed by atoms with Crippen molar-refractivity contribution in [2.75, 3.05) is 7.11 Å². The van der Waals surface area contributed by atoms with E-state index in [4.69, 9.17) is 4.74 Å². The number of ether oxygens (including phenoxy) is 1. The van der Waals surface area contributed by atoms with Gasteiger partial charge in [0.25, 0.3) is 5.91 Å². The van der Waals surface area contributed by atoms with Gasteiger partial charge in [-0.25, -0.2) is 4.99 Å². The van der Waals surface area contributed by atoms with Gasteiger partial charge in [-0.2, -0.15) is 0 Å². The number of methoxy groups -OCH3 is 1. The Balaban J connectivity index is 1.78. The number of aliphatic imine (C=N–C) groups is 1. The Morgan fingerprint density at radius 2 is 1.83 bits per heavy atom. The van der Waals surface area contributed by atoms with Crippen LogP contribution >= 0.6 is 11.8 Å². The van der Waals surface area contributed by atoms with E-state index in [1.807, 2.05) is 24.3 Å². The molecule has 5 nitrogen and oxygen atoms in total. The molecule has 3 rings (SSSR count). The van der Waals surface area contributed by atoms with Crippen LogP contribution in [-0.4, -0.2) is 23.3 Å². The molecule has 1 amide bonds. The molecule has 6 heteroatoms. The average Bonchev–Trinajstić information content (AvgIpc) is 2.90. The van der Waals surface area contributed by atoms with E-state index >= 15 is 0 Å². The molecule has 2 aromatic carbocycles. The number of aromatic hydroxyl groups is 1. The molecule has 0 bridgehead atoms. The number of nitrogens with zero attached hydrogens (tertiary/aromatic N) is 1. The summed E-state index contributed by atoms with van der Waals surface area (Å²) in [6.07, 6.45) is 1.76. The van der Waals surface area contributed by atoms with Crippen LogP contribution in [-0.2, 0) is 4.79 Å². The van der Waals surface area contributed by atoms with Gasteiger partial charge in [-0.1, -0.05) is 12.1 Å². The van der Waals surface area contributed by atoms with Gasteiger partial charge >= 0.3 is 0 Å². The molecular weight excluding hydrogens is 312 g/mol. The lowest BCUT2D eigenvalue weighted by atomic mass is 10.2. The van der Waals surface area contributed by atoms with Crippen LogP contribution in [0.15, 0.2) is 58.4 Å². The summed E-state index contributed by atoms with van der Waals surface area (Å²) >= 11 is 1.28. The van der Waals surface area contributed by atoms with Gasteiger partial charge in [-0.05, 0) is 59.8 Å². The zero-order valence-corrected chi connectivity index (χ0v) is 13.1. The Hall–Kier alpha value is -2.73. The van der Waals surface area contributed by atoms with Gasteiger partial charge in [0.15, 0.2) is 5.17 Å². The molecule has 1 aliphatic rings. The minimum atomic E-state index is -0.185. The number of thioether (sulfide) groups is 1. The second-order valence-corrected chi connectivity index (χ2v) is 5.80. The molecule has 23 heavy (non-hydrogen) atoms. The van der Waals surface area contributed by atoms with E-state index < -0.39 is 0 Å². The number of carbonyl (C=O) groups is 1. The number of phenols is 1. The molecule has 116 valence electrons. The van der Waals surface area contributed by atoms with E-state index in [1.165, 1.54) is 11.8 Å². The number of hydrogen-bond acceptors (Lipinski definition) is 5. The van der Waals surface area contributed by atoms with Crippen molar-refractivity contribution >= 4 is 34.6 Å². The first-order valence-corrected chi connectivity index (χ1v) is 7.68. The molecule has 0 unspecified atom stereocenters. The molecule has 0 aliphatic carbocycles. The fraction of sp³-hybridized carbons (Fsp3) is 0.0588. The number of carbonyl (C=O) groups excluding carboxylic acids is 1. The highest BCUT2D eigenvalue weighted by molar-refractivity contribution is 8.18. The lowest BCUT2D eigenvalue weighted by molar-refractivity contribution is -0.115. The summed E-state index contributed by atoms with van der Waals surface area (Å²) in [7, 11) is 1.61. The molecule has 2 aromatic rings. The number of rotatable bonds is 3. The van der Waals surface area contributed by atoms with E-state index in [0.717, 1.165) is 17.0 Å². The summed E-state index contributed by atoms with van der Waals surface area (Å²) in [5.74, 6) is 0.762. The van der Waals surface area contributed by atoms with Crippen LogP contribution in [0.4, 0.5) is 5.69 Å². The van der Waals surface area contributed by atoms with Crippen LogP contribution in [0.2, 0.25) is 0 Å². The highest BCUT2D eigenvalue weighted by Crippen LogP contribution is 2.28. The van der Waals surface area contributed by atoms with Gasteiger partial charge in [-0.15, -0.1) is 0 Å². The van der Waals surface area contributed by atoms with E-state index in [2.05, 4.69) is 10.3 Å². The van der Waals surface area contributed by atoms with E-state index in [1.54, 1.807) is 37.5 Å². The maximum absolute atomic E-state index is 12.0. The fourth-order valence-electron chi connectivity index (χ4n) is 1.98. The fourth-order valence-corrected chi connectivity index (χ4v) is 2.82. The van der Waals surface area contributed by atoms with Gasteiger partial charge in [0.2, 0.25) is 0 Å². The van der Waals surface area contributed by atoms with Crippen molar-refractivity contribution in [2.45, 2.75) is 0 Å². The van der Waals surface area contributed by atoms with Crippen molar-refractivity contribution in [3.8, 4) is 11.5 Å². The Morgan fingerprint density at radius 1 is 1.13 bits per heavy atom. The van der Waals surface area contributed by atoms with Crippen molar-refractivity contribution in [3.05, 3.63) is 59.0 Å². The number of benzene rings is 2. The number of phenolic OH excluding ortho intramolecular Hbond substituents is 1. The number of hydrogen-bond donors (Lipinski definition) is 2. The first-order valence-electron chi connectivity index (χ1n) is 6.87. The molecule has 1 fully saturated rings. The smallest absolute Gasteiger partial charge is 0.264 e. The van der Waals surface area contributed by atoms with Crippen molar-refractivity contribution < 1.29 is 14.6 Å². The van der Waals surface area contributed by atoms with Crippen molar-refractivity contribution in [2.24, 2.45) is 4.99 Å². The first-order chi connectivity index (χ1) is 11.1. The first kappa shape index (κ1) is 15.2. The van der Waals surface area contributed by atoms with Gasteiger partial charge < -0.3 is 15.2 Å². The lowest BCUT2D eigenvalue weighted by Gasteiger charge is -1.99. The van der Waals surface area contributed by atoms with E-state index in [9.17, 15) is 9.90 Å². The lowest BCUT2D eigenvalue weighted by Crippen LogP contribution is -2.19. The topological polar surface area (TPSA) is 70.9 Å². The van der Waals surface area contributed by atoms with Crippen molar-refractivity contribution in [1.82, 2.24) is 5.32 Å². The zero-order chi connectivity index (χ0) is 16.2. The standard InChI is InChI=1S/C17H14N2O3S/c1-22-14-8-4-12(5-9-14)18-17-19-16(21)15(23-17)10-11-2-6-13(20)7-3-11/h2-10,20H,1H3,(H,18,19,21)/b15-10+. The molecule has 0 spiro atoms. The Morgan fingerprint density at radius 3 is 2.48 bits per heavy atom. The number of amidine groups is 1. The van der Waals surface area contributed by atoms with Gasteiger partial charge in [-0.3, -0.25) is 4.79 Å². The summed E-state index contributed by atoms with van der Waals surface area (Å²) in [6.45, 7) is 0. The number of amides is 1. The van der Waals surface area contributed by atoms with Crippen LogP contribution in [0.5, 0.6) is 11.5 Å². The van der Waals surface area contributed by atoms with Gasteiger partial charge in [0.1, 0.15) is 11.5 Å². The highest BCUT2D eigenvalue weighted by Gasteiger charge is 2.23. The van der Waals surface area contributed by atoms with Crippen molar-refractivity contribution in [1.29, 1.82) is 0 Å². The summed E-state index contributed by atoms with van der Waals surface area (Å²) in [4.78, 5) is 17.0. The largest absolute Gasteiger partial charge is 0.508 e. The van der Waals surface area contributed by atoms with Crippen LogP contribution in [0, 0.1) is 0 Å². The van der Waals surface area contributed by atoms with Crippen LogP contribution in [0.3, 0.4) is 0 Å². The SMILES string of the molecule is COc1ccc(N=C2NC(=O)/C(=C\c3ccc(O)cc3)S2)cc1. The molecule has 1 aliphatic heterocycles. The molecule has 0 atom stereocenters. The Labute approximate surface area is 137 Å². The molecule has 0 saturated carbocycles. The van der Waals surface area contributed by atoms with E-state index in [-0.39, 0.29) is 11.7 Å². The van der Waals surface area contributed by atoms with Crippen LogP contribution in [0.1, 0.15) is 5.56 Å². The number of nitrogens with one attached hydrogen (secondary N) is 1. The molecular formula is C17H14N2O3S. The molecule has 2 N–H and O–H groups in total. The van der Waals surface area contributed by atoms with Crippen molar-refractivity contribution in [3.63, 3.8) is 0 Å². The quantitative estimate of drug-likeness (QED) is 0.849. The average molecular weight is 326 g/mol. The Bertz CT molecular complexity index is 780. The maximum Gasteiger partial charge on any atom is 0.264 e. The highest BCUT2D eigenvalue weighted by atomic mass is 32.2. The summed E-state index contributed by atoms with van der Waals surface area (Å²) in [5.41, 5.74) is 1.57. The Kier molecular flexibility index (Phi) is 4.34. The van der Waals surface area contributed by atoms with E-state index in [0.29, 0.717) is 10.1 Å². The minimum Gasteiger partial charge on any atom is -0.508 e. The maximum atomic E-state index is 12.0. The minimum absolute atomic E-state index is 0.185. The third-order valence-electron chi connectivity index (χ3n) is 3.14. The third-order valence-corrected chi connectivity index (χ3v) is 4.05. The third kappa shape index (κ3) is 3.73. The monoisotopic (exact) mass is 326 g/mol. The van der Waals surface area contributed by atoms with Gasteiger partial charge in [0, 0.05) is 0 Å². The predicted octanol–water partition coefficient (Wildman–Crippen LogP) is 3.29. The summed E-state index contributed by atoms with van der Waals surface area (Å²) < 4.78 is 5.10. The summed E-state index contributed by atoms with van der Waals surface area (Å²) in [5, 5.41) is 12.6. The normalized spacial score (nSPS) is 17.5. The molecule has 0 radical (unpaired) electrons. The molecule has 0 aromatic heterocycles.